The molecule has 0 aliphatic carbocycles. The second kappa shape index (κ2) is 12.3. The second-order valence-electron chi connectivity index (χ2n) is 6.52. The van der Waals surface area contributed by atoms with E-state index >= 15 is 0 Å². The van der Waals surface area contributed by atoms with Crippen LogP contribution in [0.4, 0.5) is 5.69 Å². The number of aryl methyl sites for hydroxylation is 1. The maximum Gasteiger partial charge on any atom is 0.262 e. The van der Waals surface area contributed by atoms with Gasteiger partial charge in [-0.3, -0.25) is 4.79 Å². The maximum absolute atomic E-state index is 12.1. The summed E-state index contributed by atoms with van der Waals surface area (Å²) in [5, 5.41) is 6.68. The summed E-state index contributed by atoms with van der Waals surface area (Å²) in [6, 6.07) is 11.1. The fourth-order valence-corrected chi connectivity index (χ4v) is 2.85. The molecule has 158 valence electrons. The largest absolute Gasteiger partial charge is 0.493 e. The zero-order valence-electron chi connectivity index (χ0n) is 17.2. The molecule has 0 aliphatic rings. The number of methoxy groups -OCH3 is 1. The molecular weight excluding hydrogens is 392 g/mol. The average molecular weight is 421 g/mol. The van der Waals surface area contributed by atoms with Crippen molar-refractivity contribution in [2.24, 2.45) is 0 Å². The van der Waals surface area contributed by atoms with Crippen LogP contribution in [0.1, 0.15) is 24.5 Å². The summed E-state index contributed by atoms with van der Waals surface area (Å²) in [6.45, 7) is 6.73. The van der Waals surface area contributed by atoms with Gasteiger partial charge in [0.25, 0.3) is 5.91 Å². The molecule has 0 bridgehead atoms. The van der Waals surface area contributed by atoms with E-state index in [1.54, 1.807) is 13.2 Å². The highest BCUT2D eigenvalue weighted by Crippen LogP contribution is 2.33. The van der Waals surface area contributed by atoms with E-state index in [4.69, 9.17) is 25.8 Å². The molecule has 0 fully saturated rings. The van der Waals surface area contributed by atoms with Gasteiger partial charge in [0.1, 0.15) is 0 Å². The van der Waals surface area contributed by atoms with Crippen molar-refractivity contribution >= 4 is 23.2 Å². The van der Waals surface area contributed by atoms with Crippen molar-refractivity contribution in [3.05, 3.63) is 52.5 Å². The normalized spacial score (nSPS) is 10.6. The predicted molar refractivity (Wildman–Crippen MR) is 116 cm³/mol. The number of carbonyl (C=O) groups is 1. The standard InChI is InChI=1S/C22H29ClN2O4/c1-4-28-11-5-10-24-14-17-12-20(27-3)21(13-19(17)23)29-15-22(26)25-18-8-6-16(2)7-9-18/h6-9,12-13,24H,4-5,10-11,14-15H2,1-3H3,(H,25,26). The van der Waals surface area contributed by atoms with Crippen LogP contribution in [0, 0.1) is 6.92 Å². The van der Waals surface area contributed by atoms with Crippen molar-refractivity contribution in [3.63, 3.8) is 0 Å². The van der Waals surface area contributed by atoms with Gasteiger partial charge in [-0.25, -0.2) is 0 Å². The number of anilines is 1. The third-order valence-corrected chi connectivity index (χ3v) is 4.54. The van der Waals surface area contributed by atoms with Crippen LogP contribution in [0.5, 0.6) is 11.5 Å². The lowest BCUT2D eigenvalue weighted by atomic mass is 10.2. The fourth-order valence-electron chi connectivity index (χ4n) is 2.63. The monoisotopic (exact) mass is 420 g/mol. The van der Waals surface area contributed by atoms with E-state index in [-0.39, 0.29) is 12.5 Å². The number of amides is 1. The Balaban J connectivity index is 1.88. The number of nitrogens with one attached hydrogen (secondary N) is 2. The Labute approximate surface area is 177 Å². The van der Waals surface area contributed by atoms with Crippen molar-refractivity contribution < 1.29 is 19.0 Å². The molecule has 0 atom stereocenters. The zero-order chi connectivity index (χ0) is 21.1. The Hall–Kier alpha value is -2.28. The lowest BCUT2D eigenvalue weighted by Crippen LogP contribution is -2.20. The summed E-state index contributed by atoms with van der Waals surface area (Å²) in [7, 11) is 1.56. The van der Waals surface area contributed by atoms with Crippen molar-refractivity contribution in [1.29, 1.82) is 0 Å². The quantitative estimate of drug-likeness (QED) is 0.504. The molecule has 6 nitrogen and oxygen atoms in total. The minimum atomic E-state index is -0.257. The van der Waals surface area contributed by atoms with Crippen LogP contribution in [0.25, 0.3) is 0 Å². The Kier molecular flexibility index (Phi) is 9.77. The molecule has 2 aromatic rings. The Morgan fingerprint density at radius 1 is 1.14 bits per heavy atom. The van der Waals surface area contributed by atoms with Crippen LogP contribution >= 0.6 is 11.6 Å². The maximum atomic E-state index is 12.1. The summed E-state index contributed by atoms with van der Waals surface area (Å²) in [5.41, 5.74) is 2.75. The van der Waals surface area contributed by atoms with Gasteiger partial charge < -0.3 is 24.8 Å². The van der Waals surface area contributed by atoms with Gasteiger partial charge in [-0.15, -0.1) is 0 Å². The highest BCUT2D eigenvalue weighted by Gasteiger charge is 2.12. The Bertz CT molecular complexity index is 781. The van der Waals surface area contributed by atoms with Gasteiger partial charge in [-0.2, -0.15) is 0 Å². The van der Waals surface area contributed by atoms with Gasteiger partial charge >= 0.3 is 0 Å². The van der Waals surface area contributed by atoms with Gasteiger partial charge in [0.2, 0.25) is 0 Å². The molecule has 2 rings (SSSR count). The predicted octanol–water partition coefficient (Wildman–Crippen LogP) is 4.19. The first kappa shape index (κ1) is 23.0. The van der Waals surface area contributed by atoms with E-state index in [1.165, 1.54) is 0 Å². The van der Waals surface area contributed by atoms with Crippen molar-refractivity contribution in [2.75, 3.05) is 38.8 Å². The summed E-state index contributed by atoms with van der Waals surface area (Å²) < 4.78 is 16.3. The molecule has 2 aromatic carbocycles. The van der Waals surface area contributed by atoms with Crippen LogP contribution in [-0.4, -0.2) is 39.4 Å². The first-order valence-electron chi connectivity index (χ1n) is 9.67. The number of halogens is 1. The molecule has 0 spiro atoms. The lowest BCUT2D eigenvalue weighted by molar-refractivity contribution is -0.118. The zero-order valence-corrected chi connectivity index (χ0v) is 18.0. The number of carbonyl (C=O) groups excluding carboxylic acids is 1. The number of hydrogen-bond donors (Lipinski definition) is 2. The molecule has 0 radical (unpaired) electrons. The molecule has 0 saturated carbocycles. The summed E-state index contributed by atoms with van der Waals surface area (Å²) in [4.78, 5) is 12.1. The summed E-state index contributed by atoms with van der Waals surface area (Å²) >= 11 is 6.38. The number of benzene rings is 2. The van der Waals surface area contributed by atoms with Gasteiger partial charge in [0, 0.05) is 36.5 Å². The average Bonchev–Trinajstić information content (AvgIpc) is 2.71. The molecule has 0 heterocycles. The second-order valence-corrected chi connectivity index (χ2v) is 6.93. The van der Waals surface area contributed by atoms with E-state index < -0.39 is 0 Å². The molecule has 2 N–H and O–H groups in total. The van der Waals surface area contributed by atoms with Crippen LogP contribution in [-0.2, 0) is 16.1 Å². The van der Waals surface area contributed by atoms with Gasteiger partial charge in [-0.1, -0.05) is 29.3 Å². The first-order chi connectivity index (χ1) is 14.0. The number of hydrogen-bond acceptors (Lipinski definition) is 5. The van der Waals surface area contributed by atoms with Crippen molar-refractivity contribution in [3.8, 4) is 11.5 Å². The number of rotatable bonds is 12. The smallest absolute Gasteiger partial charge is 0.262 e. The molecule has 0 saturated heterocycles. The summed E-state index contributed by atoms with van der Waals surface area (Å²) in [6.07, 6.45) is 0.930. The van der Waals surface area contributed by atoms with E-state index in [1.807, 2.05) is 44.2 Å². The Morgan fingerprint density at radius 2 is 1.90 bits per heavy atom. The van der Waals surface area contributed by atoms with Crippen LogP contribution in [0.2, 0.25) is 5.02 Å². The van der Waals surface area contributed by atoms with Crippen LogP contribution < -0.4 is 20.1 Å². The fraction of sp³-hybridized carbons (Fsp3) is 0.409. The molecule has 29 heavy (non-hydrogen) atoms. The SMILES string of the molecule is CCOCCCNCc1cc(OC)c(OCC(=O)Nc2ccc(C)cc2)cc1Cl. The van der Waals surface area contributed by atoms with Gasteiger partial charge in [0.05, 0.1) is 7.11 Å². The molecule has 0 aromatic heterocycles. The topological polar surface area (TPSA) is 68.8 Å². The highest BCUT2D eigenvalue weighted by molar-refractivity contribution is 6.31. The van der Waals surface area contributed by atoms with E-state index in [0.29, 0.717) is 23.1 Å². The number of ether oxygens (including phenoxy) is 3. The molecule has 0 unspecified atom stereocenters. The van der Waals surface area contributed by atoms with Gasteiger partial charge in [0.15, 0.2) is 18.1 Å². The molecular formula is C22H29ClN2O4. The van der Waals surface area contributed by atoms with E-state index in [9.17, 15) is 4.79 Å². The highest BCUT2D eigenvalue weighted by atomic mass is 35.5. The Morgan fingerprint density at radius 3 is 2.59 bits per heavy atom. The third-order valence-electron chi connectivity index (χ3n) is 4.19. The molecule has 0 aliphatic heterocycles. The van der Waals surface area contributed by atoms with Crippen molar-refractivity contribution in [2.45, 2.75) is 26.8 Å². The lowest BCUT2D eigenvalue weighted by Gasteiger charge is -2.14. The van der Waals surface area contributed by atoms with Gasteiger partial charge in [-0.05, 0) is 50.6 Å². The van der Waals surface area contributed by atoms with E-state index in [0.717, 1.165) is 43.0 Å². The first-order valence-corrected chi connectivity index (χ1v) is 10.1. The van der Waals surface area contributed by atoms with E-state index in [2.05, 4.69) is 10.6 Å². The van der Waals surface area contributed by atoms with Crippen molar-refractivity contribution in [1.82, 2.24) is 5.32 Å². The van der Waals surface area contributed by atoms with Crippen LogP contribution in [0.3, 0.4) is 0 Å². The summed E-state index contributed by atoms with van der Waals surface area (Å²) in [5.74, 6) is 0.701. The van der Waals surface area contributed by atoms with Crippen LogP contribution in [0.15, 0.2) is 36.4 Å². The molecule has 1 amide bonds. The minimum absolute atomic E-state index is 0.143. The molecule has 7 heteroatoms. The third kappa shape index (κ3) is 7.93. The minimum Gasteiger partial charge on any atom is -0.493 e.